The van der Waals surface area contributed by atoms with Crippen molar-refractivity contribution in [2.24, 2.45) is 0 Å². The van der Waals surface area contributed by atoms with Gasteiger partial charge in [0.25, 0.3) is 0 Å². The van der Waals surface area contributed by atoms with Gasteiger partial charge in [0.2, 0.25) is 0 Å². The molecule has 7 aromatic carbocycles. The van der Waals surface area contributed by atoms with Gasteiger partial charge in [0, 0.05) is 4.90 Å². The summed E-state index contributed by atoms with van der Waals surface area (Å²) in [6.45, 7) is 13.1. The minimum absolute atomic E-state index is 0.145. The average molecular weight is 1130 g/mol. The van der Waals surface area contributed by atoms with E-state index < -0.39 is 80.8 Å². The van der Waals surface area contributed by atoms with Crippen LogP contribution in [-0.4, -0.2) is 94.0 Å². The van der Waals surface area contributed by atoms with Crippen LogP contribution < -0.4 is 0 Å². The van der Waals surface area contributed by atoms with Crippen molar-refractivity contribution in [2.45, 2.75) is 138 Å². The van der Waals surface area contributed by atoms with E-state index in [2.05, 4.69) is 58.1 Å². The summed E-state index contributed by atoms with van der Waals surface area (Å²) >= 11 is 1.49. The zero-order valence-electron chi connectivity index (χ0n) is 47.0. The summed E-state index contributed by atoms with van der Waals surface area (Å²) in [7, 11) is -2.69. The van der Waals surface area contributed by atoms with Crippen molar-refractivity contribution in [1.29, 1.82) is 0 Å². The summed E-state index contributed by atoms with van der Waals surface area (Å²) in [6.07, 6.45) is -8.77. The lowest BCUT2D eigenvalue weighted by molar-refractivity contribution is -0.352. The number of esters is 2. The van der Waals surface area contributed by atoms with Gasteiger partial charge in [-0.3, -0.25) is 0 Å². The lowest BCUT2D eigenvalue weighted by atomic mass is 9.96. The van der Waals surface area contributed by atoms with Crippen LogP contribution in [0.4, 0.5) is 0 Å². The second-order valence-corrected chi connectivity index (χ2v) is 27.9. The fourth-order valence-corrected chi connectivity index (χ4v) is 11.8. The van der Waals surface area contributed by atoms with Crippen LogP contribution in [0.5, 0.6) is 0 Å². The molecule has 81 heavy (non-hydrogen) atoms. The van der Waals surface area contributed by atoms with Crippen LogP contribution in [0.15, 0.2) is 211 Å². The van der Waals surface area contributed by atoms with E-state index in [1.54, 1.807) is 48.5 Å². The fourth-order valence-electron chi connectivity index (χ4n) is 9.39. The van der Waals surface area contributed by atoms with Gasteiger partial charge < -0.3 is 47.1 Å². The molecule has 0 unspecified atom stereocenters. The second-order valence-electron chi connectivity index (χ2n) is 21.9. The van der Waals surface area contributed by atoms with Crippen LogP contribution in [0.25, 0.3) is 0 Å². The smallest absolute Gasteiger partial charge is 0.338 e. The highest BCUT2D eigenvalue weighted by Crippen LogP contribution is 2.43. The van der Waals surface area contributed by atoms with Gasteiger partial charge in [0.1, 0.15) is 67.5 Å². The Hall–Kier alpha value is -6.27. The molecule has 424 valence electrons. The van der Waals surface area contributed by atoms with Crippen LogP contribution in [-0.2, 0) is 73.5 Å². The Labute approximate surface area is 482 Å². The van der Waals surface area contributed by atoms with Gasteiger partial charge in [-0.25, -0.2) is 9.59 Å². The van der Waals surface area contributed by atoms with Gasteiger partial charge in [-0.15, -0.1) is 0 Å². The Morgan fingerprint density at radius 1 is 0.457 bits per heavy atom. The standard InChI is InChI=1S/C67H74O12SSi/c1-47-37-39-54(40-38-47)80-66-62(73-44-51-31-19-10-20-32-51)59(70-41-48-25-13-7-14-26-48)57(55(77-66)45-74-63(68)52-33-21-11-22-34-52)78-65-61(72-43-50-29-17-9-18-30-50)60(71-42-49-27-15-8-16-28-49)58(79-81(5,6)67(2,3)4)56(76-65)46-75-64(69)53-35-23-12-24-36-53/h7-40,55-62,65-66H,41-46H2,1-6H3/t55-,56-,57-,58-,59+,60+,61-,62-,65-,66+/m0/s1. The molecule has 0 aliphatic carbocycles. The van der Waals surface area contributed by atoms with Crippen LogP contribution in [0.1, 0.15) is 69.3 Å². The maximum atomic E-state index is 14.0. The Morgan fingerprint density at radius 3 is 1.25 bits per heavy atom. The van der Waals surface area contributed by atoms with Crippen molar-refractivity contribution in [2.75, 3.05) is 13.2 Å². The zero-order valence-corrected chi connectivity index (χ0v) is 48.8. The number of hydrogen-bond donors (Lipinski definition) is 0. The number of thioether (sulfide) groups is 1. The third-order valence-corrected chi connectivity index (χ3v) is 20.5. The summed E-state index contributed by atoms with van der Waals surface area (Å²) in [4.78, 5) is 28.9. The Morgan fingerprint density at radius 2 is 0.827 bits per heavy atom. The van der Waals surface area contributed by atoms with Crippen LogP contribution in [0.3, 0.4) is 0 Å². The van der Waals surface area contributed by atoms with Crippen molar-refractivity contribution in [3.63, 3.8) is 0 Å². The number of carbonyl (C=O) groups excluding carboxylic acids is 2. The highest BCUT2D eigenvalue weighted by molar-refractivity contribution is 7.99. The molecule has 0 bridgehead atoms. The monoisotopic (exact) mass is 1130 g/mol. The van der Waals surface area contributed by atoms with Crippen LogP contribution >= 0.6 is 11.8 Å². The fraction of sp³-hybridized carbons (Fsp3) is 0.343. The Bertz CT molecular complexity index is 2990. The second kappa shape index (κ2) is 28.6. The maximum Gasteiger partial charge on any atom is 0.338 e. The van der Waals surface area contributed by atoms with E-state index >= 15 is 0 Å². The molecule has 9 rings (SSSR count). The lowest BCUT2D eigenvalue weighted by Gasteiger charge is -2.52. The molecular formula is C67H74O12SSi. The van der Waals surface area contributed by atoms with Gasteiger partial charge >= 0.3 is 11.9 Å². The van der Waals surface area contributed by atoms with Crippen molar-refractivity contribution >= 4 is 32.0 Å². The molecule has 0 saturated carbocycles. The highest BCUT2D eigenvalue weighted by atomic mass is 32.2. The van der Waals surface area contributed by atoms with Crippen molar-refractivity contribution in [3.8, 4) is 0 Å². The third kappa shape index (κ3) is 16.5. The Balaban J connectivity index is 1.18. The minimum atomic E-state index is -2.69. The van der Waals surface area contributed by atoms with E-state index in [9.17, 15) is 9.59 Å². The maximum absolute atomic E-state index is 14.0. The molecule has 0 radical (unpaired) electrons. The first kappa shape index (κ1) is 59.4. The number of carbonyl (C=O) groups is 2. The molecule has 10 atom stereocenters. The molecule has 2 heterocycles. The topological polar surface area (TPSA) is 126 Å². The highest BCUT2D eigenvalue weighted by Gasteiger charge is 2.56. The lowest BCUT2D eigenvalue weighted by Crippen LogP contribution is -2.67. The summed E-state index contributed by atoms with van der Waals surface area (Å²) in [5, 5.41) is -0.259. The molecule has 2 saturated heterocycles. The predicted octanol–water partition coefficient (Wildman–Crippen LogP) is 13.4. The molecule has 0 spiro atoms. The Kier molecular flexibility index (Phi) is 21.0. The van der Waals surface area contributed by atoms with Crippen molar-refractivity contribution in [1.82, 2.24) is 0 Å². The van der Waals surface area contributed by atoms with Crippen molar-refractivity contribution < 1.29 is 56.6 Å². The number of hydrogen-bond acceptors (Lipinski definition) is 13. The first-order valence-corrected chi connectivity index (χ1v) is 31.5. The van der Waals surface area contributed by atoms with E-state index in [-0.39, 0.29) is 44.7 Å². The van der Waals surface area contributed by atoms with Crippen molar-refractivity contribution in [3.05, 3.63) is 245 Å². The molecule has 7 aromatic rings. The molecule has 0 N–H and O–H groups in total. The third-order valence-electron chi connectivity index (χ3n) is 14.9. The average Bonchev–Trinajstić information content (AvgIpc) is 3.55. The SMILES string of the molecule is Cc1ccc(S[C@H]2O[C@@H](COC(=O)c3ccccc3)[C@H](O[C@@H]3O[C@@H](COC(=O)c4ccccc4)[C@H](O[Si](C)(C)C(C)(C)C)[C@@H](OCc4ccccc4)[C@@H]3OCc3ccccc3)[C@@H](OCc3ccccc3)[C@@H]2OCc2ccccc2)cc1. The molecule has 14 heteroatoms. The van der Waals surface area contributed by atoms with E-state index in [4.69, 9.17) is 47.1 Å². The van der Waals surface area contributed by atoms with Gasteiger partial charge in [0.05, 0.1) is 37.6 Å². The molecule has 12 nitrogen and oxygen atoms in total. The van der Waals surface area contributed by atoms with Crippen LogP contribution in [0.2, 0.25) is 18.1 Å². The summed E-state index contributed by atoms with van der Waals surface area (Å²) in [5.41, 5.74) is 4.83. The van der Waals surface area contributed by atoms with E-state index in [0.717, 1.165) is 32.7 Å². The molecular weight excluding hydrogens is 1060 g/mol. The number of ether oxygens (including phenoxy) is 9. The van der Waals surface area contributed by atoms with Gasteiger partial charge in [0.15, 0.2) is 14.6 Å². The van der Waals surface area contributed by atoms with Gasteiger partial charge in [-0.2, -0.15) is 0 Å². The molecule has 0 amide bonds. The molecule has 2 aliphatic heterocycles. The van der Waals surface area contributed by atoms with Gasteiger partial charge in [-0.1, -0.05) is 208 Å². The minimum Gasteiger partial charge on any atom is -0.459 e. The quantitative estimate of drug-likeness (QED) is 0.0421. The first-order valence-electron chi connectivity index (χ1n) is 27.7. The summed E-state index contributed by atoms with van der Waals surface area (Å²) < 4.78 is 70.7. The molecule has 2 aliphatic rings. The van der Waals surface area contributed by atoms with E-state index in [1.165, 1.54) is 11.8 Å². The first-order chi connectivity index (χ1) is 39.3. The predicted molar refractivity (Wildman–Crippen MR) is 315 cm³/mol. The zero-order chi connectivity index (χ0) is 56.6. The summed E-state index contributed by atoms with van der Waals surface area (Å²) in [5.74, 6) is -1.07. The van der Waals surface area contributed by atoms with E-state index in [0.29, 0.717) is 11.1 Å². The number of aryl methyl sites for hydroxylation is 1. The summed E-state index contributed by atoms with van der Waals surface area (Å²) in [6, 6.07) is 65.5. The largest absolute Gasteiger partial charge is 0.459 e. The molecule has 2 fully saturated rings. The molecule has 0 aromatic heterocycles. The number of rotatable bonds is 24. The van der Waals surface area contributed by atoms with Crippen LogP contribution in [0, 0.1) is 6.92 Å². The van der Waals surface area contributed by atoms with Gasteiger partial charge in [-0.05, 0) is 83.7 Å². The normalized spacial score (nSPS) is 23.1. The van der Waals surface area contributed by atoms with E-state index in [1.807, 2.05) is 140 Å². The number of benzene rings is 7.